The molecule has 1 aromatic rings. The van der Waals surface area contributed by atoms with Crippen LogP contribution >= 0.6 is 0 Å². The number of methoxy groups -OCH3 is 1. The van der Waals surface area contributed by atoms with Crippen LogP contribution in [0, 0.1) is 0 Å². The fraction of sp³-hybridized carbons (Fsp3) is 0.533. The topological polar surface area (TPSA) is 67.6 Å². The van der Waals surface area contributed by atoms with Crippen molar-refractivity contribution in [2.24, 2.45) is 5.73 Å². The monoisotopic (exact) mass is 277 g/mol. The fourth-order valence-corrected chi connectivity index (χ4v) is 2.72. The van der Waals surface area contributed by atoms with Gasteiger partial charge in [0.05, 0.1) is 7.11 Å². The molecule has 0 radical (unpaired) electrons. The van der Waals surface area contributed by atoms with E-state index < -0.39 is 5.54 Å². The van der Waals surface area contributed by atoms with Crippen molar-refractivity contribution in [3.63, 3.8) is 0 Å². The molecule has 1 aromatic carbocycles. The normalized spacial score (nSPS) is 19.4. The number of carbonyl (C=O) groups is 1. The van der Waals surface area contributed by atoms with Crippen LogP contribution in [0.3, 0.4) is 0 Å². The predicted molar refractivity (Wildman–Crippen MR) is 80.0 cm³/mol. The highest BCUT2D eigenvalue weighted by molar-refractivity contribution is 5.91. The van der Waals surface area contributed by atoms with Gasteiger partial charge < -0.3 is 20.7 Å². The maximum absolute atomic E-state index is 12.1. The summed E-state index contributed by atoms with van der Waals surface area (Å²) in [6.07, 6.45) is 0. The molecule has 1 fully saturated rings. The minimum Gasteiger partial charge on any atom is -0.496 e. The van der Waals surface area contributed by atoms with Gasteiger partial charge in [0, 0.05) is 30.4 Å². The number of hydrogen-bond donors (Lipinski definition) is 2. The van der Waals surface area contributed by atoms with Crippen molar-refractivity contribution in [1.82, 2.24) is 5.32 Å². The molecule has 2 rings (SSSR count). The number of rotatable bonds is 3. The van der Waals surface area contributed by atoms with Crippen LogP contribution in [0.4, 0.5) is 5.69 Å². The molecule has 5 nitrogen and oxygen atoms in total. The summed E-state index contributed by atoms with van der Waals surface area (Å²) >= 11 is 0. The average Bonchev–Trinajstić information content (AvgIpc) is 2.40. The van der Waals surface area contributed by atoms with Gasteiger partial charge >= 0.3 is 0 Å². The van der Waals surface area contributed by atoms with E-state index in [-0.39, 0.29) is 11.9 Å². The second-order valence-corrected chi connectivity index (χ2v) is 5.65. The lowest BCUT2D eigenvalue weighted by molar-refractivity contribution is -0.126. The molecule has 1 aliphatic rings. The fourth-order valence-electron chi connectivity index (χ4n) is 2.72. The lowest BCUT2D eigenvalue weighted by atomic mass is 9.95. The van der Waals surface area contributed by atoms with Crippen molar-refractivity contribution in [2.45, 2.75) is 32.4 Å². The third-order valence-corrected chi connectivity index (χ3v) is 3.86. The maximum atomic E-state index is 12.1. The third-order valence-electron chi connectivity index (χ3n) is 3.86. The van der Waals surface area contributed by atoms with Gasteiger partial charge in [-0.05, 0) is 32.9 Å². The molecule has 1 heterocycles. The molecule has 0 spiro atoms. The quantitative estimate of drug-likeness (QED) is 0.877. The Bertz CT molecular complexity index is 512. The van der Waals surface area contributed by atoms with Crippen molar-refractivity contribution in [3.05, 3.63) is 23.8 Å². The summed E-state index contributed by atoms with van der Waals surface area (Å²) in [6.45, 7) is 7.17. The first kappa shape index (κ1) is 14.7. The Morgan fingerprint density at radius 2 is 2.15 bits per heavy atom. The molecule has 0 unspecified atom stereocenters. The first-order chi connectivity index (χ1) is 9.39. The molecule has 1 aliphatic heterocycles. The number of carbonyl (C=O) groups excluding carboxylic acids is 1. The molecule has 3 N–H and O–H groups in total. The number of ether oxygens (including phenoxy) is 1. The molecule has 110 valence electrons. The summed E-state index contributed by atoms with van der Waals surface area (Å²) in [7, 11) is 1.64. The molecule has 1 saturated heterocycles. The molecule has 1 atom stereocenters. The summed E-state index contributed by atoms with van der Waals surface area (Å²) < 4.78 is 5.43. The summed E-state index contributed by atoms with van der Waals surface area (Å²) in [4.78, 5) is 14.2. The zero-order valence-electron chi connectivity index (χ0n) is 12.6. The van der Waals surface area contributed by atoms with Crippen LogP contribution in [-0.4, -0.2) is 31.6 Å². The summed E-state index contributed by atoms with van der Waals surface area (Å²) in [5.41, 5.74) is 7.42. The third kappa shape index (κ3) is 2.33. The number of anilines is 1. The zero-order chi connectivity index (χ0) is 14.9. The molecule has 0 aliphatic carbocycles. The van der Waals surface area contributed by atoms with Gasteiger partial charge in [-0.15, -0.1) is 0 Å². The van der Waals surface area contributed by atoms with Crippen molar-refractivity contribution in [1.29, 1.82) is 0 Å². The lowest BCUT2D eigenvalue weighted by Gasteiger charge is -2.44. The Kier molecular flexibility index (Phi) is 3.90. The van der Waals surface area contributed by atoms with Crippen molar-refractivity contribution in [3.8, 4) is 5.75 Å². The Labute approximate surface area is 120 Å². The number of amides is 1. The van der Waals surface area contributed by atoms with E-state index in [9.17, 15) is 4.79 Å². The van der Waals surface area contributed by atoms with Gasteiger partial charge in [0.2, 0.25) is 5.91 Å². The molecule has 0 saturated carbocycles. The number of nitrogens with one attached hydrogen (secondary N) is 1. The highest BCUT2D eigenvalue weighted by atomic mass is 16.5. The molecule has 1 amide bonds. The van der Waals surface area contributed by atoms with Crippen molar-refractivity contribution >= 4 is 11.6 Å². The van der Waals surface area contributed by atoms with Crippen LogP contribution in [0.5, 0.6) is 5.75 Å². The van der Waals surface area contributed by atoms with Gasteiger partial charge in [-0.2, -0.15) is 0 Å². The summed E-state index contributed by atoms with van der Waals surface area (Å²) in [6, 6.07) is 5.67. The maximum Gasteiger partial charge on any atom is 0.245 e. The van der Waals surface area contributed by atoms with Gasteiger partial charge in [0.15, 0.2) is 0 Å². The minimum atomic E-state index is -0.603. The molecular weight excluding hydrogens is 254 g/mol. The Morgan fingerprint density at radius 1 is 1.45 bits per heavy atom. The van der Waals surface area contributed by atoms with Crippen molar-refractivity contribution < 1.29 is 9.53 Å². The Balaban J connectivity index is 2.54. The predicted octanol–water partition coefficient (Wildman–Crippen LogP) is 1.43. The smallest absolute Gasteiger partial charge is 0.245 e. The zero-order valence-corrected chi connectivity index (χ0v) is 12.6. The SMILES string of the molecule is COc1cccc(N2CCNC(=O)C2(C)C)c1[C@H](C)N. The van der Waals surface area contributed by atoms with Gasteiger partial charge in [0.1, 0.15) is 11.3 Å². The van der Waals surface area contributed by atoms with E-state index in [0.717, 1.165) is 23.5 Å². The van der Waals surface area contributed by atoms with Crippen LogP contribution in [0.1, 0.15) is 32.4 Å². The van der Waals surface area contributed by atoms with Crippen LogP contribution in [0.2, 0.25) is 0 Å². The van der Waals surface area contributed by atoms with E-state index in [2.05, 4.69) is 10.2 Å². The summed E-state index contributed by atoms with van der Waals surface area (Å²) in [5, 5.41) is 2.91. The molecular formula is C15H23N3O2. The molecule has 5 heteroatoms. The summed E-state index contributed by atoms with van der Waals surface area (Å²) in [5.74, 6) is 0.793. The number of benzene rings is 1. The largest absolute Gasteiger partial charge is 0.496 e. The molecule has 0 bridgehead atoms. The van der Waals surface area contributed by atoms with Crippen LogP contribution in [0.15, 0.2) is 18.2 Å². The van der Waals surface area contributed by atoms with Crippen LogP contribution < -0.4 is 20.7 Å². The Morgan fingerprint density at radius 3 is 2.75 bits per heavy atom. The molecule has 0 aromatic heterocycles. The number of hydrogen-bond acceptors (Lipinski definition) is 4. The van der Waals surface area contributed by atoms with Gasteiger partial charge in [-0.25, -0.2) is 0 Å². The molecule has 20 heavy (non-hydrogen) atoms. The number of nitrogens with two attached hydrogens (primary N) is 1. The number of nitrogens with zero attached hydrogens (tertiary/aromatic N) is 1. The van der Waals surface area contributed by atoms with E-state index in [1.807, 2.05) is 39.0 Å². The van der Waals surface area contributed by atoms with Crippen molar-refractivity contribution in [2.75, 3.05) is 25.1 Å². The Hall–Kier alpha value is -1.75. The minimum absolute atomic E-state index is 0.0298. The second-order valence-electron chi connectivity index (χ2n) is 5.65. The first-order valence-electron chi connectivity index (χ1n) is 6.88. The second kappa shape index (κ2) is 5.32. The highest BCUT2D eigenvalue weighted by Gasteiger charge is 2.39. The number of piperazine rings is 1. The van der Waals surface area contributed by atoms with E-state index in [4.69, 9.17) is 10.5 Å². The van der Waals surface area contributed by atoms with E-state index >= 15 is 0 Å². The van der Waals surface area contributed by atoms with E-state index in [1.165, 1.54) is 0 Å². The standard InChI is InChI=1S/C15H23N3O2/c1-10(16)13-11(6-5-7-12(13)20-4)18-9-8-17-14(19)15(18,2)3/h5-7,10H,8-9,16H2,1-4H3,(H,17,19)/t10-/m0/s1. The van der Waals surface area contributed by atoms with E-state index in [1.54, 1.807) is 7.11 Å². The van der Waals surface area contributed by atoms with Gasteiger partial charge in [-0.3, -0.25) is 4.79 Å². The van der Waals surface area contributed by atoms with Crippen LogP contribution in [-0.2, 0) is 4.79 Å². The van der Waals surface area contributed by atoms with E-state index in [0.29, 0.717) is 6.54 Å². The van der Waals surface area contributed by atoms with Gasteiger partial charge in [0.25, 0.3) is 0 Å². The van der Waals surface area contributed by atoms with Crippen LogP contribution in [0.25, 0.3) is 0 Å². The van der Waals surface area contributed by atoms with Gasteiger partial charge in [-0.1, -0.05) is 6.07 Å². The first-order valence-corrected chi connectivity index (χ1v) is 6.88. The highest BCUT2D eigenvalue weighted by Crippen LogP contribution is 2.37. The average molecular weight is 277 g/mol. The lowest BCUT2D eigenvalue weighted by Crippen LogP contribution is -2.62.